The summed E-state index contributed by atoms with van der Waals surface area (Å²) >= 11 is 5.60. The quantitative estimate of drug-likeness (QED) is 0.576. The molecule has 0 aromatic heterocycles. The van der Waals surface area contributed by atoms with Crippen molar-refractivity contribution >= 4 is 17.4 Å². The van der Waals surface area contributed by atoms with Gasteiger partial charge in [0.1, 0.15) is 5.38 Å². The van der Waals surface area contributed by atoms with Gasteiger partial charge >= 0.3 is 0 Å². The molecule has 3 heteroatoms. The lowest BCUT2D eigenvalue weighted by molar-refractivity contribution is -0.113. The van der Waals surface area contributed by atoms with E-state index in [1.165, 1.54) is 6.08 Å². The van der Waals surface area contributed by atoms with E-state index in [0.29, 0.717) is 5.57 Å². The maximum Gasteiger partial charge on any atom is 0.177 e. The summed E-state index contributed by atoms with van der Waals surface area (Å²) in [6.45, 7) is 3.56. The minimum atomic E-state index is -0.584. The van der Waals surface area contributed by atoms with Crippen molar-refractivity contribution < 1.29 is 4.79 Å². The molecule has 0 amide bonds. The largest absolute Gasteiger partial charge is 0.293 e. The van der Waals surface area contributed by atoms with Crippen LogP contribution in [0.3, 0.4) is 0 Å². The Bertz CT molecular complexity index is 298. The highest BCUT2D eigenvalue weighted by atomic mass is 35.5. The number of carbonyl (C=O) groups is 1. The van der Waals surface area contributed by atoms with Gasteiger partial charge in [-0.1, -0.05) is 12.2 Å². The molecule has 0 fully saturated rings. The monoisotopic (exact) mass is 180 g/mol. The molecule has 0 aliphatic heterocycles. The fourth-order valence-corrected chi connectivity index (χ4v) is 1.01. The Morgan fingerprint density at radius 1 is 1.75 bits per heavy atom. The van der Waals surface area contributed by atoms with Crippen LogP contribution < -0.4 is 0 Å². The van der Waals surface area contributed by atoms with Crippen LogP contribution in [0.15, 0.2) is 23.8 Å². The van der Waals surface area contributed by atoms with Crippen LogP contribution in [0.4, 0.5) is 0 Å². The maximum absolute atomic E-state index is 11.0. The zero-order valence-electron chi connectivity index (χ0n) is 6.33. The molecule has 0 aromatic carbocycles. The number of alkyl halides is 1. The maximum atomic E-state index is 11.0. The van der Waals surface area contributed by atoms with Crippen molar-refractivity contribution in [2.24, 2.45) is 5.92 Å². The van der Waals surface area contributed by atoms with Gasteiger partial charge in [-0.2, -0.15) is 5.26 Å². The molecule has 2 nitrogen and oxygen atoms in total. The van der Waals surface area contributed by atoms with Crippen LogP contribution >= 0.6 is 11.6 Å². The number of halogens is 1. The number of carbonyl (C=O) groups excluding carboxylic acids is 1. The summed E-state index contributed by atoms with van der Waals surface area (Å²) in [7, 11) is 0. The summed E-state index contributed by atoms with van der Waals surface area (Å²) in [4.78, 5) is 11.0. The molecule has 61 valence electrons. The second-order valence-electron chi connectivity index (χ2n) is 2.49. The molecular formula is C9H7ClNO. The van der Waals surface area contributed by atoms with Gasteiger partial charge in [0.25, 0.3) is 0 Å². The zero-order valence-corrected chi connectivity index (χ0v) is 7.08. The topological polar surface area (TPSA) is 40.9 Å². The molecule has 0 heterocycles. The van der Waals surface area contributed by atoms with Gasteiger partial charge in [0.15, 0.2) is 5.78 Å². The fourth-order valence-electron chi connectivity index (χ4n) is 0.874. The number of nitrogens with zero attached hydrogens (tertiary/aromatic N) is 1. The van der Waals surface area contributed by atoms with E-state index in [2.05, 4.69) is 6.92 Å². The van der Waals surface area contributed by atoms with E-state index >= 15 is 0 Å². The van der Waals surface area contributed by atoms with Gasteiger partial charge in [-0.15, -0.1) is 11.6 Å². The second kappa shape index (κ2) is 3.55. The first-order valence-electron chi connectivity index (χ1n) is 3.45. The van der Waals surface area contributed by atoms with E-state index in [1.54, 1.807) is 12.2 Å². The van der Waals surface area contributed by atoms with Gasteiger partial charge < -0.3 is 0 Å². The summed E-state index contributed by atoms with van der Waals surface area (Å²) in [5.41, 5.74) is 0.624. The molecule has 1 radical (unpaired) electrons. The number of nitriles is 1. The molecule has 12 heavy (non-hydrogen) atoms. The molecule has 0 bridgehead atoms. The highest BCUT2D eigenvalue weighted by Crippen LogP contribution is 2.18. The highest BCUT2D eigenvalue weighted by Gasteiger charge is 2.17. The number of hydrogen-bond acceptors (Lipinski definition) is 2. The standard InChI is InChI=1S/C9H7ClNO/c1-6(5-11)7-2-3-8(10)9(12)4-7/h2-4,6,8H,1H2. The van der Waals surface area contributed by atoms with Crippen molar-refractivity contribution in [2.75, 3.05) is 0 Å². The lowest BCUT2D eigenvalue weighted by Gasteiger charge is -2.10. The SMILES string of the molecule is [CH2]C(C#N)C1=CC(=O)C(Cl)C=C1. The van der Waals surface area contributed by atoms with Gasteiger partial charge in [0, 0.05) is 0 Å². The number of rotatable bonds is 1. The number of allylic oxidation sites excluding steroid dienone is 4. The predicted octanol–water partition coefficient (Wildman–Crippen LogP) is 1.63. The Hall–Kier alpha value is -1.07. The van der Waals surface area contributed by atoms with Gasteiger partial charge in [0.05, 0.1) is 12.0 Å². The lowest BCUT2D eigenvalue weighted by atomic mass is 9.96. The van der Waals surface area contributed by atoms with Crippen LogP contribution in [-0.4, -0.2) is 11.2 Å². The first-order valence-corrected chi connectivity index (χ1v) is 3.89. The third kappa shape index (κ3) is 1.75. The Kier molecular flexibility index (Phi) is 2.67. The van der Waals surface area contributed by atoms with Crippen LogP contribution in [0, 0.1) is 24.2 Å². The Balaban J connectivity index is 2.85. The molecule has 0 spiro atoms. The molecule has 0 aromatic rings. The fraction of sp³-hybridized carbons (Fsp3) is 0.222. The smallest absolute Gasteiger partial charge is 0.177 e. The van der Waals surface area contributed by atoms with Crippen molar-refractivity contribution in [3.8, 4) is 6.07 Å². The molecule has 2 atom stereocenters. The molecule has 2 unspecified atom stereocenters. The predicted molar refractivity (Wildman–Crippen MR) is 46.3 cm³/mol. The van der Waals surface area contributed by atoms with Crippen LogP contribution in [0.25, 0.3) is 0 Å². The van der Waals surface area contributed by atoms with Gasteiger partial charge in [-0.25, -0.2) is 0 Å². The summed E-state index contributed by atoms with van der Waals surface area (Å²) < 4.78 is 0. The normalized spacial score (nSPS) is 24.6. The van der Waals surface area contributed by atoms with Crippen molar-refractivity contribution in [1.82, 2.24) is 0 Å². The minimum Gasteiger partial charge on any atom is -0.293 e. The van der Waals surface area contributed by atoms with E-state index in [1.807, 2.05) is 6.07 Å². The van der Waals surface area contributed by atoms with Crippen LogP contribution in [0.1, 0.15) is 0 Å². The molecule has 0 saturated heterocycles. The first kappa shape index (κ1) is 9.02. The summed E-state index contributed by atoms with van der Waals surface area (Å²) in [5, 5.41) is 7.92. The first-order chi connectivity index (χ1) is 5.65. The summed E-state index contributed by atoms with van der Waals surface area (Å²) in [5.74, 6) is -0.674. The molecule has 1 rings (SSSR count). The van der Waals surface area contributed by atoms with Gasteiger partial charge in [-0.05, 0) is 18.6 Å². The van der Waals surface area contributed by atoms with Crippen molar-refractivity contribution in [1.29, 1.82) is 5.26 Å². The van der Waals surface area contributed by atoms with Crippen LogP contribution in [0.2, 0.25) is 0 Å². The van der Waals surface area contributed by atoms with E-state index in [0.717, 1.165) is 0 Å². The van der Waals surface area contributed by atoms with Crippen molar-refractivity contribution in [3.63, 3.8) is 0 Å². The third-order valence-corrected chi connectivity index (χ3v) is 1.96. The van der Waals surface area contributed by atoms with Gasteiger partial charge in [0.2, 0.25) is 0 Å². The molecule has 0 saturated carbocycles. The number of hydrogen-bond donors (Lipinski definition) is 0. The Morgan fingerprint density at radius 2 is 2.42 bits per heavy atom. The third-order valence-electron chi connectivity index (χ3n) is 1.60. The number of ketones is 1. The zero-order chi connectivity index (χ0) is 9.14. The summed E-state index contributed by atoms with van der Waals surface area (Å²) in [6, 6.07) is 1.94. The van der Waals surface area contributed by atoms with E-state index < -0.39 is 11.3 Å². The second-order valence-corrected chi connectivity index (χ2v) is 2.96. The average molecular weight is 181 g/mol. The van der Waals surface area contributed by atoms with Crippen molar-refractivity contribution in [3.05, 3.63) is 30.7 Å². The molecule has 1 aliphatic carbocycles. The summed E-state index contributed by atoms with van der Waals surface area (Å²) in [6.07, 6.45) is 4.60. The van der Waals surface area contributed by atoms with E-state index in [9.17, 15) is 4.79 Å². The van der Waals surface area contributed by atoms with E-state index in [-0.39, 0.29) is 5.78 Å². The van der Waals surface area contributed by atoms with E-state index in [4.69, 9.17) is 16.9 Å². The highest BCUT2D eigenvalue weighted by molar-refractivity contribution is 6.34. The molecule has 0 N–H and O–H groups in total. The molecular weight excluding hydrogens is 174 g/mol. The molecule has 1 aliphatic rings. The van der Waals surface area contributed by atoms with Gasteiger partial charge in [-0.3, -0.25) is 4.79 Å². The van der Waals surface area contributed by atoms with Crippen molar-refractivity contribution in [2.45, 2.75) is 5.38 Å². The minimum absolute atomic E-state index is 0.182. The average Bonchev–Trinajstić information content (AvgIpc) is 2.08. The Labute approximate surface area is 76.1 Å². The lowest BCUT2D eigenvalue weighted by Crippen LogP contribution is -2.14. The van der Waals surface area contributed by atoms with Crippen LogP contribution in [0.5, 0.6) is 0 Å². The van der Waals surface area contributed by atoms with Crippen LogP contribution in [-0.2, 0) is 4.79 Å². The Morgan fingerprint density at radius 3 is 2.92 bits per heavy atom.